The molecule has 5 heteroatoms. The monoisotopic (exact) mass is 256 g/mol. The lowest BCUT2D eigenvalue weighted by molar-refractivity contribution is -0.902. The number of ether oxygens (including phenoxy) is 1. The lowest BCUT2D eigenvalue weighted by Gasteiger charge is -2.29. The Bertz CT molecular complexity index is 350. The molecule has 0 spiro atoms. The largest absolute Gasteiger partial charge is 0.456 e. The number of rotatable bonds is 6. The molecule has 0 saturated carbocycles. The van der Waals surface area contributed by atoms with Crippen molar-refractivity contribution in [2.75, 3.05) is 40.3 Å². The Hall–Kier alpha value is -1.23. The van der Waals surface area contributed by atoms with Crippen LogP contribution in [0.2, 0.25) is 0 Å². The third-order valence-corrected chi connectivity index (χ3v) is 3.31. The molecule has 1 rings (SSSR count). The third-order valence-electron chi connectivity index (χ3n) is 3.31. The Morgan fingerprint density at radius 3 is 2.67 bits per heavy atom. The summed E-state index contributed by atoms with van der Waals surface area (Å²) >= 11 is 0. The molecule has 0 aliphatic carbocycles. The first-order chi connectivity index (χ1) is 8.32. The highest BCUT2D eigenvalue weighted by Crippen LogP contribution is 2.14. The smallest absolute Gasteiger partial charge is 0.333 e. The van der Waals surface area contributed by atoms with Crippen LogP contribution in [0.25, 0.3) is 0 Å². The maximum absolute atomic E-state index is 11.5. The zero-order valence-corrected chi connectivity index (χ0v) is 11.6. The first kappa shape index (κ1) is 14.8. The van der Waals surface area contributed by atoms with Crippen LogP contribution in [0, 0.1) is 4.91 Å². The van der Waals surface area contributed by atoms with E-state index in [1.807, 2.05) is 0 Å². The van der Waals surface area contributed by atoms with Crippen LogP contribution in [0.3, 0.4) is 0 Å². The van der Waals surface area contributed by atoms with Gasteiger partial charge in [0, 0.05) is 28.1 Å². The SMILES string of the molecule is C=C(C)C(=O)OCC[N+](C)(C)CC1CCC[N+]1=O. The van der Waals surface area contributed by atoms with Crippen LogP contribution in [0.4, 0.5) is 0 Å². The Labute approximate surface area is 109 Å². The second-order valence-corrected chi connectivity index (χ2v) is 5.69. The maximum atomic E-state index is 11.5. The minimum absolute atomic E-state index is 0.108. The summed E-state index contributed by atoms with van der Waals surface area (Å²) in [7, 11) is 4.11. The van der Waals surface area contributed by atoms with Gasteiger partial charge in [-0.3, -0.25) is 0 Å². The molecule has 0 radical (unpaired) electrons. The van der Waals surface area contributed by atoms with E-state index in [-0.39, 0.29) is 12.0 Å². The van der Waals surface area contributed by atoms with Crippen LogP contribution in [0.5, 0.6) is 0 Å². The van der Waals surface area contributed by atoms with Crippen molar-refractivity contribution in [1.82, 2.24) is 0 Å². The molecular weight excluding hydrogens is 232 g/mol. The van der Waals surface area contributed by atoms with Crippen LogP contribution >= 0.6 is 0 Å². The molecule has 0 N–H and O–H groups in total. The van der Waals surface area contributed by atoms with E-state index in [4.69, 9.17) is 4.74 Å². The molecule has 5 nitrogen and oxygen atoms in total. The predicted molar refractivity (Wildman–Crippen MR) is 69.1 cm³/mol. The minimum atomic E-state index is -0.346. The Morgan fingerprint density at radius 1 is 1.50 bits per heavy atom. The topological polar surface area (TPSA) is 46.4 Å². The van der Waals surface area contributed by atoms with Crippen LogP contribution in [-0.4, -0.2) is 61.6 Å². The molecule has 1 aliphatic heterocycles. The molecule has 102 valence electrons. The number of hydrogen-bond acceptors (Lipinski definition) is 3. The molecule has 1 heterocycles. The van der Waals surface area contributed by atoms with Crippen molar-refractivity contribution >= 4 is 5.97 Å². The molecule has 0 amide bonds. The summed E-state index contributed by atoms with van der Waals surface area (Å²) in [5, 5.41) is 0. The molecule has 0 aromatic carbocycles. The number of quaternary nitrogens is 1. The van der Waals surface area contributed by atoms with E-state index in [0.717, 1.165) is 19.4 Å². The molecule has 1 aliphatic rings. The summed E-state index contributed by atoms with van der Waals surface area (Å²) in [4.78, 5) is 22.8. The summed E-state index contributed by atoms with van der Waals surface area (Å²) in [5.41, 5.74) is 0.418. The number of carbonyl (C=O) groups excluding carboxylic acids is 1. The van der Waals surface area contributed by atoms with Gasteiger partial charge in [0.05, 0.1) is 14.1 Å². The quantitative estimate of drug-likeness (QED) is 0.310. The molecule has 18 heavy (non-hydrogen) atoms. The predicted octanol–water partition coefficient (Wildman–Crippen LogP) is 1.12. The summed E-state index contributed by atoms with van der Waals surface area (Å²) < 4.78 is 6.95. The first-order valence-electron chi connectivity index (χ1n) is 6.40. The van der Waals surface area contributed by atoms with Gasteiger partial charge in [0.2, 0.25) is 6.04 Å². The van der Waals surface area contributed by atoms with Crippen LogP contribution < -0.4 is 0 Å². The zero-order chi connectivity index (χ0) is 13.8. The summed E-state index contributed by atoms with van der Waals surface area (Å²) in [6.45, 7) is 7.70. The fourth-order valence-corrected chi connectivity index (χ4v) is 2.16. The number of likely N-dealkylation sites (N-methyl/N-ethyl adjacent to an activating group) is 1. The van der Waals surface area contributed by atoms with Crippen LogP contribution in [0.15, 0.2) is 12.2 Å². The highest BCUT2D eigenvalue weighted by atomic mass is 16.5. The molecule has 1 unspecified atom stereocenters. The fourth-order valence-electron chi connectivity index (χ4n) is 2.16. The molecule has 0 aromatic heterocycles. The van der Waals surface area contributed by atoms with Gasteiger partial charge in [-0.25, -0.2) is 4.79 Å². The standard InChI is InChI=1S/C13H24N2O3/c1-11(2)13(16)18-9-8-15(3,4)10-12-6-5-7-14(12)17/h12H,1,5-10H2,2-4H3/q+2. The van der Waals surface area contributed by atoms with Crippen molar-refractivity contribution in [3.63, 3.8) is 0 Å². The van der Waals surface area contributed by atoms with E-state index in [2.05, 4.69) is 20.7 Å². The van der Waals surface area contributed by atoms with E-state index < -0.39 is 0 Å². The van der Waals surface area contributed by atoms with Gasteiger partial charge in [-0.1, -0.05) is 6.58 Å². The second kappa shape index (κ2) is 6.09. The van der Waals surface area contributed by atoms with Crippen molar-refractivity contribution in [1.29, 1.82) is 0 Å². The van der Waals surface area contributed by atoms with Crippen molar-refractivity contribution in [3.05, 3.63) is 17.1 Å². The lowest BCUT2D eigenvalue weighted by Crippen LogP contribution is -2.48. The van der Waals surface area contributed by atoms with E-state index in [1.54, 1.807) is 6.92 Å². The summed E-state index contributed by atoms with van der Waals surface area (Å²) in [5.74, 6) is -0.346. The summed E-state index contributed by atoms with van der Waals surface area (Å²) in [6, 6.07) is 0.108. The minimum Gasteiger partial charge on any atom is -0.456 e. The molecule has 0 bridgehead atoms. The third kappa shape index (κ3) is 4.56. The van der Waals surface area contributed by atoms with Crippen molar-refractivity contribution in [2.24, 2.45) is 0 Å². The van der Waals surface area contributed by atoms with Crippen molar-refractivity contribution in [3.8, 4) is 0 Å². The highest BCUT2D eigenvalue weighted by molar-refractivity contribution is 5.86. The average molecular weight is 256 g/mol. The number of carbonyl (C=O) groups is 1. The second-order valence-electron chi connectivity index (χ2n) is 5.69. The Kier molecular flexibility index (Phi) is 5.02. The van der Waals surface area contributed by atoms with Gasteiger partial charge in [-0.15, -0.1) is 0 Å². The average Bonchev–Trinajstić information content (AvgIpc) is 2.63. The van der Waals surface area contributed by atoms with E-state index in [9.17, 15) is 9.70 Å². The van der Waals surface area contributed by atoms with Crippen LogP contribution in [0.1, 0.15) is 19.8 Å². The van der Waals surface area contributed by atoms with E-state index in [1.165, 1.54) is 4.76 Å². The Balaban J connectivity index is 2.33. The number of esters is 1. The number of nitroso groups, excluding NO2 is 1. The lowest BCUT2D eigenvalue weighted by atomic mass is 10.2. The van der Waals surface area contributed by atoms with Gasteiger partial charge < -0.3 is 9.22 Å². The highest BCUT2D eigenvalue weighted by Gasteiger charge is 2.37. The van der Waals surface area contributed by atoms with Gasteiger partial charge in [-0.2, -0.15) is 0 Å². The zero-order valence-electron chi connectivity index (χ0n) is 11.6. The van der Waals surface area contributed by atoms with Gasteiger partial charge in [0.25, 0.3) is 0 Å². The van der Waals surface area contributed by atoms with Gasteiger partial charge in [0.15, 0.2) is 6.54 Å². The molecule has 1 saturated heterocycles. The number of nitrogens with zero attached hydrogens (tertiary/aromatic N) is 2. The van der Waals surface area contributed by atoms with Gasteiger partial charge in [-0.05, 0) is 6.92 Å². The molecule has 1 atom stereocenters. The molecule has 0 aromatic rings. The number of hydrogen-bond donors (Lipinski definition) is 0. The normalized spacial score (nSPS) is 19.9. The van der Waals surface area contributed by atoms with E-state index in [0.29, 0.717) is 29.8 Å². The van der Waals surface area contributed by atoms with Crippen molar-refractivity contribution < 1.29 is 18.8 Å². The van der Waals surface area contributed by atoms with Gasteiger partial charge in [0.1, 0.15) is 19.7 Å². The van der Waals surface area contributed by atoms with Crippen LogP contribution in [-0.2, 0) is 9.53 Å². The molecule has 1 fully saturated rings. The Morgan fingerprint density at radius 2 is 2.17 bits per heavy atom. The maximum Gasteiger partial charge on any atom is 0.333 e. The fraction of sp³-hybridized carbons (Fsp3) is 0.769. The summed E-state index contributed by atoms with van der Waals surface area (Å²) in [6.07, 6.45) is 1.95. The van der Waals surface area contributed by atoms with Crippen molar-refractivity contribution in [2.45, 2.75) is 25.8 Å². The molecular formula is C13H24N2O3+2. The van der Waals surface area contributed by atoms with E-state index >= 15 is 0 Å². The van der Waals surface area contributed by atoms with Gasteiger partial charge >= 0.3 is 5.97 Å². The first-order valence-corrected chi connectivity index (χ1v) is 6.40.